The van der Waals surface area contributed by atoms with E-state index in [-0.39, 0.29) is 5.79 Å². The summed E-state index contributed by atoms with van der Waals surface area (Å²) in [5.74, 6) is -0.295. The van der Waals surface area contributed by atoms with Gasteiger partial charge in [0, 0.05) is 31.0 Å². The van der Waals surface area contributed by atoms with Gasteiger partial charge in [-0.1, -0.05) is 13.8 Å². The zero-order valence-corrected chi connectivity index (χ0v) is 13.7. The van der Waals surface area contributed by atoms with Gasteiger partial charge in [0.25, 0.3) is 0 Å². The van der Waals surface area contributed by atoms with Crippen LogP contribution in [-0.4, -0.2) is 55.6 Å². The van der Waals surface area contributed by atoms with E-state index in [0.717, 1.165) is 39.0 Å². The molecule has 0 amide bonds. The second kappa shape index (κ2) is 7.21. The smallest absolute Gasteiger partial charge is 0.170 e. The first-order valence-electron chi connectivity index (χ1n) is 8.35. The van der Waals surface area contributed by atoms with Crippen LogP contribution in [0.2, 0.25) is 0 Å². The lowest BCUT2D eigenvalue weighted by molar-refractivity contribution is -0.193. The molecule has 1 aliphatic carbocycles. The Morgan fingerprint density at radius 2 is 2.00 bits per heavy atom. The van der Waals surface area contributed by atoms with Crippen LogP contribution in [0.1, 0.15) is 52.9 Å². The fourth-order valence-corrected chi connectivity index (χ4v) is 3.50. The maximum atomic E-state index is 5.95. The molecule has 4 heteroatoms. The highest BCUT2D eigenvalue weighted by Crippen LogP contribution is 2.38. The van der Waals surface area contributed by atoms with Gasteiger partial charge >= 0.3 is 0 Å². The first kappa shape index (κ1) is 16.2. The van der Waals surface area contributed by atoms with Crippen molar-refractivity contribution in [2.45, 2.75) is 76.8 Å². The Hall–Kier alpha value is -0.160. The van der Waals surface area contributed by atoms with Crippen molar-refractivity contribution in [2.24, 2.45) is 0 Å². The number of nitrogens with zero attached hydrogens (tertiary/aromatic N) is 1. The first-order chi connectivity index (χ1) is 9.62. The minimum Gasteiger partial charge on any atom is -0.347 e. The summed E-state index contributed by atoms with van der Waals surface area (Å²) in [6, 6.07) is 1.67. The highest BCUT2D eigenvalue weighted by atomic mass is 16.7. The van der Waals surface area contributed by atoms with Crippen molar-refractivity contribution in [1.82, 2.24) is 10.2 Å². The second-order valence-corrected chi connectivity index (χ2v) is 6.40. The zero-order valence-electron chi connectivity index (χ0n) is 13.7. The maximum absolute atomic E-state index is 5.95. The van der Waals surface area contributed by atoms with E-state index < -0.39 is 0 Å². The van der Waals surface area contributed by atoms with E-state index in [4.69, 9.17) is 9.47 Å². The second-order valence-electron chi connectivity index (χ2n) is 6.40. The predicted molar refractivity (Wildman–Crippen MR) is 81.9 cm³/mol. The standard InChI is InChI=1S/C16H32N2O2/c1-5-9-17-14-7-8-16(19-10-11-20-16)12-15(14)18(4)13(3)6-2/h13-15,17H,5-12H2,1-4H3. The Labute approximate surface area is 124 Å². The van der Waals surface area contributed by atoms with E-state index in [9.17, 15) is 0 Å². The zero-order chi connectivity index (χ0) is 14.6. The lowest BCUT2D eigenvalue weighted by Gasteiger charge is -2.46. The van der Waals surface area contributed by atoms with Crippen LogP contribution in [0.4, 0.5) is 0 Å². The molecule has 2 fully saturated rings. The van der Waals surface area contributed by atoms with Crippen molar-refractivity contribution in [1.29, 1.82) is 0 Å². The molecular formula is C16H32N2O2. The van der Waals surface area contributed by atoms with E-state index in [1.54, 1.807) is 0 Å². The van der Waals surface area contributed by atoms with Crippen molar-refractivity contribution in [3.05, 3.63) is 0 Å². The summed E-state index contributed by atoms with van der Waals surface area (Å²) in [6.07, 6.45) is 5.54. The molecule has 20 heavy (non-hydrogen) atoms. The van der Waals surface area contributed by atoms with Crippen LogP contribution in [0, 0.1) is 0 Å². The van der Waals surface area contributed by atoms with Gasteiger partial charge in [-0.25, -0.2) is 0 Å². The van der Waals surface area contributed by atoms with Gasteiger partial charge < -0.3 is 14.8 Å². The molecule has 1 heterocycles. The van der Waals surface area contributed by atoms with Gasteiger partial charge in [-0.05, 0) is 39.8 Å². The van der Waals surface area contributed by atoms with Crippen molar-refractivity contribution < 1.29 is 9.47 Å². The molecule has 1 spiro atoms. The molecule has 3 unspecified atom stereocenters. The monoisotopic (exact) mass is 284 g/mol. The molecule has 1 aliphatic heterocycles. The fourth-order valence-electron chi connectivity index (χ4n) is 3.50. The number of hydrogen-bond acceptors (Lipinski definition) is 4. The summed E-state index contributed by atoms with van der Waals surface area (Å²) in [7, 11) is 2.26. The molecule has 4 nitrogen and oxygen atoms in total. The van der Waals surface area contributed by atoms with Crippen LogP contribution in [-0.2, 0) is 9.47 Å². The largest absolute Gasteiger partial charge is 0.347 e. The average Bonchev–Trinajstić information content (AvgIpc) is 2.92. The van der Waals surface area contributed by atoms with Gasteiger partial charge in [-0.2, -0.15) is 0 Å². The van der Waals surface area contributed by atoms with Gasteiger partial charge in [0.2, 0.25) is 0 Å². The van der Waals surface area contributed by atoms with E-state index in [1.165, 1.54) is 12.8 Å². The molecular weight excluding hydrogens is 252 g/mol. The molecule has 0 bridgehead atoms. The van der Waals surface area contributed by atoms with Crippen molar-refractivity contribution in [2.75, 3.05) is 26.8 Å². The molecule has 1 N–H and O–H groups in total. The lowest BCUT2D eigenvalue weighted by Crippen LogP contribution is -2.58. The molecule has 118 valence electrons. The maximum Gasteiger partial charge on any atom is 0.170 e. The van der Waals surface area contributed by atoms with Crippen LogP contribution in [0.15, 0.2) is 0 Å². The molecule has 1 saturated heterocycles. The Morgan fingerprint density at radius 1 is 1.30 bits per heavy atom. The summed E-state index contributed by atoms with van der Waals surface area (Å²) in [5.41, 5.74) is 0. The van der Waals surface area contributed by atoms with E-state index in [0.29, 0.717) is 18.1 Å². The fraction of sp³-hybridized carbons (Fsp3) is 1.00. The van der Waals surface area contributed by atoms with Crippen LogP contribution in [0.5, 0.6) is 0 Å². The van der Waals surface area contributed by atoms with Crippen LogP contribution < -0.4 is 5.32 Å². The summed E-state index contributed by atoms with van der Waals surface area (Å²) in [4.78, 5) is 2.53. The van der Waals surface area contributed by atoms with Gasteiger partial charge in [0.15, 0.2) is 5.79 Å². The Balaban J connectivity index is 2.05. The predicted octanol–water partition coefficient (Wildman–Crippen LogP) is 2.38. The van der Waals surface area contributed by atoms with Crippen LogP contribution >= 0.6 is 0 Å². The summed E-state index contributed by atoms with van der Waals surface area (Å²) < 4.78 is 11.9. The van der Waals surface area contributed by atoms with Gasteiger partial charge in [-0.3, -0.25) is 4.90 Å². The third-order valence-corrected chi connectivity index (χ3v) is 5.10. The molecule has 2 rings (SSSR count). The molecule has 0 aromatic rings. The number of likely N-dealkylation sites (N-methyl/N-ethyl adjacent to an activating group) is 1. The van der Waals surface area contributed by atoms with Gasteiger partial charge in [0.1, 0.15) is 0 Å². The molecule has 0 radical (unpaired) electrons. The first-order valence-corrected chi connectivity index (χ1v) is 8.35. The topological polar surface area (TPSA) is 33.7 Å². The molecule has 0 aromatic heterocycles. The minimum absolute atomic E-state index is 0.295. The third-order valence-electron chi connectivity index (χ3n) is 5.10. The van der Waals surface area contributed by atoms with E-state index in [2.05, 4.69) is 38.0 Å². The number of ether oxygens (including phenoxy) is 2. The molecule has 1 saturated carbocycles. The SMILES string of the molecule is CCCNC1CCC2(CC1N(C)C(C)CC)OCCO2. The molecule has 2 aliphatic rings. The van der Waals surface area contributed by atoms with Crippen molar-refractivity contribution >= 4 is 0 Å². The molecule has 3 atom stereocenters. The van der Waals surface area contributed by atoms with E-state index in [1.807, 2.05) is 0 Å². The van der Waals surface area contributed by atoms with Crippen LogP contribution in [0.25, 0.3) is 0 Å². The third kappa shape index (κ3) is 3.53. The van der Waals surface area contributed by atoms with Gasteiger partial charge in [0.05, 0.1) is 13.2 Å². The van der Waals surface area contributed by atoms with Gasteiger partial charge in [-0.15, -0.1) is 0 Å². The quantitative estimate of drug-likeness (QED) is 0.812. The minimum atomic E-state index is -0.295. The average molecular weight is 284 g/mol. The van der Waals surface area contributed by atoms with Crippen LogP contribution in [0.3, 0.4) is 0 Å². The lowest BCUT2D eigenvalue weighted by atomic mass is 9.84. The highest BCUT2D eigenvalue weighted by molar-refractivity contribution is 4.96. The van der Waals surface area contributed by atoms with E-state index >= 15 is 0 Å². The normalized spacial score (nSPS) is 31.1. The van der Waals surface area contributed by atoms with Crippen molar-refractivity contribution in [3.8, 4) is 0 Å². The summed E-state index contributed by atoms with van der Waals surface area (Å²) >= 11 is 0. The summed E-state index contributed by atoms with van der Waals surface area (Å²) in [6.45, 7) is 9.42. The summed E-state index contributed by atoms with van der Waals surface area (Å²) in [5, 5.41) is 3.73. The molecule has 0 aromatic carbocycles. The Morgan fingerprint density at radius 3 is 2.60 bits per heavy atom. The Bertz CT molecular complexity index is 292. The number of hydrogen-bond donors (Lipinski definition) is 1. The number of nitrogens with one attached hydrogen (secondary N) is 1. The number of rotatable bonds is 6. The highest BCUT2D eigenvalue weighted by Gasteiger charge is 2.46. The van der Waals surface area contributed by atoms with Crippen molar-refractivity contribution in [3.63, 3.8) is 0 Å². The Kier molecular flexibility index (Phi) is 5.84.